The highest BCUT2D eigenvalue weighted by Gasteiger charge is 2.25. The Morgan fingerprint density at radius 3 is 2.63 bits per heavy atom. The fourth-order valence-corrected chi connectivity index (χ4v) is 4.65. The van der Waals surface area contributed by atoms with Gasteiger partial charge in [-0.2, -0.15) is 0 Å². The molecular formula is C24H24N4O2. The van der Waals surface area contributed by atoms with E-state index in [2.05, 4.69) is 10.3 Å². The smallest absolute Gasteiger partial charge is 0.275 e. The second-order valence-electron chi connectivity index (χ2n) is 8.17. The molecule has 1 aromatic carbocycles. The summed E-state index contributed by atoms with van der Waals surface area (Å²) in [4.78, 5) is 31.1. The Bertz CT molecular complexity index is 1330. The third-order valence-corrected chi connectivity index (χ3v) is 6.20. The van der Waals surface area contributed by atoms with Gasteiger partial charge in [0.05, 0.1) is 5.56 Å². The van der Waals surface area contributed by atoms with Crippen molar-refractivity contribution in [3.05, 3.63) is 70.3 Å². The molecule has 0 aliphatic heterocycles. The molecule has 0 spiro atoms. The molecule has 0 saturated heterocycles. The lowest BCUT2D eigenvalue weighted by Gasteiger charge is -2.16. The average molecular weight is 400 g/mol. The number of aryl methyl sites for hydroxylation is 2. The maximum Gasteiger partial charge on any atom is 0.275 e. The molecule has 3 heterocycles. The van der Waals surface area contributed by atoms with Gasteiger partial charge in [0.2, 0.25) is 0 Å². The Hall–Kier alpha value is -3.41. The Morgan fingerprint density at radius 1 is 1.13 bits per heavy atom. The van der Waals surface area contributed by atoms with Gasteiger partial charge in [0.25, 0.3) is 11.5 Å². The second kappa shape index (κ2) is 7.13. The van der Waals surface area contributed by atoms with Crippen molar-refractivity contribution in [3.8, 4) is 0 Å². The summed E-state index contributed by atoms with van der Waals surface area (Å²) in [6.45, 7) is 1.95. The molecular weight excluding hydrogens is 376 g/mol. The van der Waals surface area contributed by atoms with Crippen LogP contribution in [0.15, 0.2) is 53.6 Å². The molecule has 1 aliphatic carbocycles. The Labute approximate surface area is 174 Å². The molecule has 152 valence electrons. The van der Waals surface area contributed by atoms with Crippen LogP contribution < -0.4 is 10.9 Å². The number of benzene rings is 1. The van der Waals surface area contributed by atoms with Crippen molar-refractivity contribution in [1.82, 2.24) is 14.1 Å². The molecule has 1 N–H and O–H groups in total. The minimum atomic E-state index is -0.251. The van der Waals surface area contributed by atoms with Crippen molar-refractivity contribution in [2.24, 2.45) is 7.05 Å². The Kier molecular flexibility index (Phi) is 4.42. The number of carbonyl (C=O) groups is 1. The van der Waals surface area contributed by atoms with Crippen molar-refractivity contribution >= 4 is 33.5 Å². The third kappa shape index (κ3) is 2.91. The van der Waals surface area contributed by atoms with Gasteiger partial charge in [-0.15, -0.1) is 0 Å². The molecule has 0 unspecified atom stereocenters. The van der Waals surface area contributed by atoms with Crippen LogP contribution in [0.3, 0.4) is 0 Å². The molecule has 1 saturated carbocycles. The van der Waals surface area contributed by atoms with Crippen LogP contribution in [0.5, 0.6) is 0 Å². The molecule has 0 bridgehead atoms. The maximum absolute atomic E-state index is 13.5. The molecule has 6 heteroatoms. The number of hydrogen-bond donors (Lipinski definition) is 1. The summed E-state index contributed by atoms with van der Waals surface area (Å²) in [6, 6.07) is 11.7. The summed E-state index contributed by atoms with van der Waals surface area (Å²) >= 11 is 0. The largest absolute Gasteiger partial charge is 0.339 e. The number of anilines is 1. The van der Waals surface area contributed by atoms with E-state index in [4.69, 9.17) is 0 Å². The Balaban J connectivity index is 1.75. The van der Waals surface area contributed by atoms with Gasteiger partial charge in [-0.05, 0) is 37.5 Å². The second-order valence-corrected chi connectivity index (χ2v) is 8.17. The maximum atomic E-state index is 13.5. The number of nitrogens with zero attached hydrogens (tertiary/aromatic N) is 3. The van der Waals surface area contributed by atoms with Crippen LogP contribution in [0.1, 0.15) is 47.6 Å². The first-order valence-corrected chi connectivity index (χ1v) is 10.4. The molecule has 1 amide bonds. The molecule has 1 fully saturated rings. The van der Waals surface area contributed by atoms with Gasteiger partial charge in [0.1, 0.15) is 11.3 Å². The van der Waals surface area contributed by atoms with E-state index >= 15 is 0 Å². The molecule has 5 rings (SSSR count). The van der Waals surface area contributed by atoms with E-state index in [1.807, 2.05) is 48.9 Å². The van der Waals surface area contributed by atoms with Gasteiger partial charge >= 0.3 is 0 Å². The first-order chi connectivity index (χ1) is 14.5. The van der Waals surface area contributed by atoms with E-state index < -0.39 is 0 Å². The van der Waals surface area contributed by atoms with Gasteiger partial charge in [0, 0.05) is 41.8 Å². The van der Waals surface area contributed by atoms with E-state index in [9.17, 15) is 9.59 Å². The topological polar surface area (TPSA) is 68.9 Å². The van der Waals surface area contributed by atoms with E-state index in [1.54, 1.807) is 23.0 Å². The van der Waals surface area contributed by atoms with Gasteiger partial charge in [0.15, 0.2) is 0 Å². The highest BCUT2D eigenvalue weighted by molar-refractivity contribution is 6.20. The number of amides is 1. The molecule has 1 aliphatic rings. The standard InChI is InChI=1S/C24H24N4O2/c1-15-11-12-20(25-13-15)26-23(29)18-14-28(16-7-3-4-8-16)24(30)22-21(18)17-9-5-6-10-19(17)27(22)2/h5-6,9-14,16H,3-4,7-8H2,1-2H3,(H,25,26,29). The van der Waals surface area contributed by atoms with Crippen molar-refractivity contribution in [1.29, 1.82) is 0 Å². The third-order valence-electron chi connectivity index (χ3n) is 6.20. The van der Waals surface area contributed by atoms with Crippen LogP contribution in [0, 0.1) is 6.92 Å². The number of para-hydroxylation sites is 1. The lowest BCUT2D eigenvalue weighted by Crippen LogP contribution is -2.27. The molecule has 4 aromatic rings. The quantitative estimate of drug-likeness (QED) is 0.548. The fourth-order valence-electron chi connectivity index (χ4n) is 4.65. The van der Waals surface area contributed by atoms with Crippen LogP contribution in [-0.4, -0.2) is 20.0 Å². The van der Waals surface area contributed by atoms with E-state index in [0.29, 0.717) is 22.3 Å². The van der Waals surface area contributed by atoms with Crippen LogP contribution in [0.25, 0.3) is 21.8 Å². The van der Waals surface area contributed by atoms with Gasteiger partial charge in [-0.25, -0.2) is 4.98 Å². The zero-order chi connectivity index (χ0) is 20.8. The number of pyridine rings is 2. The fraction of sp³-hybridized carbons (Fsp3) is 0.292. The zero-order valence-corrected chi connectivity index (χ0v) is 17.2. The molecule has 0 atom stereocenters. The minimum absolute atomic E-state index is 0.0272. The van der Waals surface area contributed by atoms with Crippen LogP contribution >= 0.6 is 0 Å². The predicted octanol–water partition coefficient (Wildman–Crippen LogP) is 4.56. The molecule has 3 aromatic heterocycles. The van der Waals surface area contributed by atoms with Crippen molar-refractivity contribution in [2.45, 2.75) is 38.6 Å². The van der Waals surface area contributed by atoms with Crippen LogP contribution in [-0.2, 0) is 7.05 Å². The summed E-state index contributed by atoms with van der Waals surface area (Å²) in [7, 11) is 1.90. The summed E-state index contributed by atoms with van der Waals surface area (Å²) in [5.41, 5.74) is 3.03. The summed E-state index contributed by atoms with van der Waals surface area (Å²) in [6.07, 6.45) is 7.64. The van der Waals surface area contributed by atoms with Crippen molar-refractivity contribution in [3.63, 3.8) is 0 Å². The van der Waals surface area contributed by atoms with Crippen molar-refractivity contribution < 1.29 is 4.79 Å². The number of rotatable bonds is 3. The number of carbonyl (C=O) groups excluding carboxylic acids is 1. The van der Waals surface area contributed by atoms with Crippen LogP contribution in [0.4, 0.5) is 5.82 Å². The zero-order valence-electron chi connectivity index (χ0n) is 17.2. The lowest BCUT2D eigenvalue weighted by molar-refractivity contribution is 0.102. The van der Waals surface area contributed by atoms with Gasteiger partial charge in [-0.1, -0.05) is 37.1 Å². The molecule has 30 heavy (non-hydrogen) atoms. The van der Waals surface area contributed by atoms with Gasteiger partial charge < -0.3 is 14.5 Å². The Morgan fingerprint density at radius 2 is 1.90 bits per heavy atom. The van der Waals surface area contributed by atoms with E-state index in [1.165, 1.54) is 0 Å². The van der Waals surface area contributed by atoms with Gasteiger partial charge in [-0.3, -0.25) is 9.59 Å². The highest BCUT2D eigenvalue weighted by atomic mass is 16.2. The monoisotopic (exact) mass is 400 g/mol. The number of hydrogen-bond acceptors (Lipinski definition) is 3. The molecule has 6 nitrogen and oxygen atoms in total. The average Bonchev–Trinajstić information content (AvgIpc) is 3.38. The first kappa shape index (κ1) is 18.6. The number of aromatic nitrogens is 3. The lowest BCUT2D eigenvalue weighted by atomic mass is 10.1. The van der Waals surface area contributed by atoms with Crippen LogP contribution in [0.2, 0.25) is 0 Å². The first-order valence-electron chi connectivity index (χ1n) is 10.4. The number of fused-ring (bicyclic) bond motifs is 3. The SMILES string of the molecule is Cc1ccc(NC(=O)c2cn(C3CCCC3)c(=O)c3c2c2ccccc2n3C)nc1. The van der Waals surface area contributed by atoms with E-state index in [0.717, 1.165) is 42.1 Å². The number of nitrogens with one attached hydrogen (secondary N) is 1. The summed E-state index contributed by atoms with van der Waals surface area (Å²) in [5, 5.41) is 4.53. The highest BCUT2D eigenvalue weighted by Crippen LogP contribution is 2.33. The minimum Gasteiger partial charge on any atom is -0.339 e. The molecule has 0 radical (unpaired) electrons. The van der Waals surface area contributed by atoms with E-state index in [-0.39, 0.29) is 17.5 Å². The summed E-state index contributed by atoms with van der Waals surface area (Å²) < 4.78 is 3.70. The normalized spacial score (nSPS) is 14.6. The van der Waals surface area contributed by atoms with Crippen molar-refractivity contribution in [2.75, 3.05) is 5.32 Å². The predicted molar refractivity (Wildman–Crippen MR) is 119 cm³/mol. The summed E-state index contributed by atoms with van der Waals surface area (Å²) in [5.74, 6) is 0.247.